The summed E-state index contributed by atoms with van der Waals surface area (Å²) in [7, 11) is 0. The highest BCUT2D eigenvalue weighted by Crippen LogP contribution is 2.27. The van der Waals surface area contributed by atoms with Crippen LogP contribution >= 0.6 is 11.6 Å². The molecule has 5 heteroatoms. The lowest BCUT2D eigenvalue weighted by atomic mass is 9.99. The first kappa shape index (κ1) is 16.1. The number of likely N-dealkylation sites (tertiary alicyclic amines) is 1. The van der Waals surface area contributed by atoms with Crippen molar-refractivity contribution in [2.75, 3.05) is 31.1 Å². The Morgan fingerprint density at radius 3 is 2.46 bits per heavy atom. The molecule has 0 amide bonds. The summed E-state index contributed by atoms with van der Waals surface area (Å²) in [6, 6.07) is 10.8. The van der Waals surface area contributed by atoms with Crippen molar-refractivity contribution in [2.24, 2.45) is 0 Å². The summed E-state index contributed by atoms with van der Waals surface area (Å²) in [4.78, 5) is 9.73. The molecule has 2 saturated heterocycles. The first-order chi connectivity index (χ1) is 11.7. The van der Waals surface area contributed by atoms with E-state index in [1.54, 1.807) is 0 Å². The number of aliphatic hydroxyl groups is 1. The summed E-state index contributed by atoms with van der Waals surface area (Å²) in [6.45, 7) is 4.14. The lowest BCUT2D eigenvalue weighted by Crippen LogP contribution is -2.48. The molecular formula is C19H24ClN3O. The van der Waals surface area contributed by atoms with Crippen LogP contribution in [0.2, 0.25) is 5.02 Å². The minimum absolute atomic E-state index is 0.0899. The quantitative estimate of drug-likeness (QED) is 0.906. The highest BCUT2D eigenvalue weighted by molar-refractivity contribution is 6.35. The van der Waals surface area contributed by atoms with Crippen LogP contribution < -0.4 is 4.90 Å². The highest BCUT2D eigenvalue weighted by atomic mass is 35.5. The fourth-order valence-electron chi connectivity index (χ4n) is 3.99. The summed E-state index contributed by atoms with van der Waals surface area (Å²) >= 11 is 6.30. The molecule has 4 nitrogen and oxygen atoms in total. The van der Waals surface area contributed by atoms with Crippen molar-refractivity contribution < 1.29 is 5.11 Å². The van der Waals surface area contributed by atoms with E-state index in [1.165, 1.54) is 12.8 Å². The monoisotopic (exact) mass is 345 g/mol. The SMILES string of the molecule is OC1CCN(C2CCN(c3ccc4cccc(Cl)c4n3)CC2)CC1. The zero-order valence-corrected chi connectivity index (χ0v) is 14.6. The van der Waals surface area contributed by atoms with Crippen molar-refractivity contribution in [1.82, 2.24) is 9.88 Å². The van der Waals surface area contributed by atoms with E-state index in [-0.39, 0.29) is 6.10 Å². The first-order valence-electron chi connectivity index (χ1n) is 8.93. The normalized spacial score (nSPS) is 21.5. The Bertz CT molecular complexity index is 707. The molecule has 2 aromatic rings. The van der Waals surface area contributed by atoms with Gasteiger partial charge in [-0.2, -0.15) is 0 Å². The lowest BCUT2D eigenvalue weighted by molar-refractivity contribution is 0.0542. The van der Waals surface area contributed by atoms with E-state index in [0.717, 1.165) is 60.8 Å². The number of rotatable bonds is 2. The van der Waals surface area contributed by atoms with Crippen LogP contribution in [0.15, 0.2) is 30.3 Å². The molecule has 0 bridgehead atoms. The highest BCUT2D eigenvalue weighted by Gasteiger charge is 2.28. The van der Waals surface area contributed by atoms with Gasteiger partial charge in [-0.1, -0.05) is 23.7 Å². The van der Waals surface area contributed by atoms with Gasteiger partial charge in [-0.05, 0) is 43.9 Å². The van der Waals surface area contributed by atoms with E-state index < -0.39 is 0 Å². The van der Waals surface area contributed by atoms with Gasteiger partial charge in [0.2, 0.25) is 0 Å². The molecule has 2 fully saturated rings. The van der Waals surface area contributed by atoms with Gasteiger partial charge in [0, 0.05) is 37.6 Å². The number of benzene rings is 1. The Hall–Kier alpha value is -1.36. The van der Waals surface area contributed by atoms with Gasteiger partial charge in [-0.3, -0.25) is 0 Å². The van der Waals surface area contributed by atoms with Crippen molar-refractivity contribution >= 4 is 28.3 Å². The molecule has 1 N–H and O–H groups in total. The molecule has 0 saturated carbocycles. The molecule has 0 unspecified atom stereocenters. The second-order valence-electron chi connectivity index (χ2n) is 6.97. The number of anilines is 1. The third-order valence-electron chi connectivity index (χ3n) is 5.46. The Morgan fingerprint density at radius 2 is 1.71 bits per heavy atom. The molecule has 0 atom stereocenters. The predicted octanol–water partition coefficient (Wildman–Crippen LogP) is 3.31. The molecule has 1 aromatic carbocycles. The Morgan fingerprint density at radius 1 is 0.958 bits per heavy atom. The van der Waals surface area contributed by atoms with Gasteiger partial charge in [0.25, 0.3) is 0 Å². The summed E-state index contributed by atoms with van der Waals surface area (Å²) in [5.74, 6) is 1.03. The predicted molar refractivity (Wildman–Crippen MR) is 98.8 cm³/mol. The number of fused-ring (bicyclic) bond motifs is 1. The molecular weight excluding hydrogens is 322 g/mol. The maximum absolute atomic E-state index is 9.67. The number of aliphatic hydroxyl groups excluding tert-OH is 1. The Kier molecular flexibility index (Phi) is 4.61. The molecule has 2 aliphatic rings. The number of nitrogens with zero attached hydrogens (tertiary/aromatic N) is 3. The van der Waals surface area contributed by atoms with Gasteiger partial charge in [-0.25, -0.2) is 4.98 Å². The van der Waals surface area contributed by atoms with Crippen LogP contribution in [-0.4, -0.2) is 53.3 Å². The zero-order chi connectivity index (χ0) is 16.5. The van der Waals surface area contributed by atoms with E-state index in [4.69, 9.17) is 16.6 Å². The van der Waals surface area contributed by atoms with Gasteiger partial charge in [-0.15, -0.1) is 0 Å². The molecule has 1 aromatic heterocycles. The Labute approximate surface area is 148 Å². The fraction of sp³-hybridized carbons (Fsp3) is 0.526. The lowest BCUT2D eigenvalue weighted by Gasteiger charge is -2.41. The van der Waals surface area contributed by atoms with Crippen molar-refractivity contribution in [1.29, 1.82) is 0 Å². The second kappa shape index (κ2) is 6.87. The van der Waals surface area contributed by atoms with Crippen molar-refractivity contribution in [3.05, 3.63) is 35.4 Å². The van der Waals surface area contributed by atoms with Crippen LogP contribution in [0.4, 0.5) is 5.82 Å². The summed E-state index contributed by atoms with van der Waals surface area (Å²) < 4.78 is 0. The number of para-hydroxylation sites is 1. The molecule has 24 heavy (non-hydrogen) atoms. The molecule has 0 spiro atoms. The number of hydrogen-bond acceptors (Lipinski definition) is 4. The van der Waals surface area contributed by atoms with Gasteiger partial charge >= 0.3 is 0 Å². The third kappa shape index (κ3) is 3.23. The van der Waals surface area contributed by atoms with Gasteiger partial charge < -0.3 is 14.9 Å². The van der Waals surface area contributed by atoms with Gasteiger partial charge in [0.15, 0.2) is 0 Å². The maximum atomic E-state index is 9.67. The third-order valence-corrected chi connectivity index (χ3v) is 5.77. The van der Waals surface area contributed by atoms with Crippen LogP contribution in [0.5, 0.6) is 0 Å². The number of aromatic nitrogens is 1. The van der Waals surface area contributed by atoms with Crippen LogP contribution in [0.25, 0.3) is 10.9 Å². The molecule has 3 heterocycles. The number of hydrogen-bond donors (Lipinski definition) is 1. The average molecular weight is 346 g/mol. The standard InChI is InChI=1S/C19H24ClN3O/c20-17-3-1-2-14-4-5-18(21-19(14)17)23-10-6-15(7-11-23)22-12-8-16(24)9-13-22/h1-5,15-16,24H,6-13H2. The summed E-state index contributed by atoms with van der Waals surface area (Å²) in [5.41, 5.74) is 0.892. The van der Waals surface area contributed by atoms with Crippen molar-refractivity contribution in [3.8, 4) is 0 Å². The summed E-state index contributed by atoms with van der Waals surface area (Å²) in [5, 5.41) is 11.5. The van der Waals surface area contributed by atoms with E-state index in [1.807, 2.05) is 12.1 Å². The van der Waals surface area contributed by atoms with E-state index in [9.17, 15) is 5.11 Å². The van der Waals surface area contributed by atoms with Crippen LogP contribution in [0.1, 0.15) is 25.7 Å². The van der Waals surface area contributed by atoms with E-state index >= 15 is 0 Å². The van der Waals surface area contributed by atoms with Crippen molar-refractivity contribution in [3.63, 3.8) is 0 Å². The molecule has 2 aliphatic heterocycles. The maximum Gasteiger partial charge on any atom is 0.129 e. The number of pyridine rings is 1. The molecule has 0 aliphatic carbocycles. The smallest absolute Gasteiger partial charge is 0.129 e. The average Bonchev–Trinajstić information content (AvgIpc) is 2.63. The topological polar surface area (TPSA) is 39.6 Å². The second-order valence-corrected chi connectivity index (χ2v) is 7.37. The molecule has 128 valence electrons. The Balaban J connectivity index is 1.43. The minimum atomic E-state index is -0.0899. The van der Waals surface area contributed by atoms with Crippen molar-refractivity contribution in [2.45, 2.75) is 37.8 Å². The van der Waals surface area contributed by atoms with Gasteiger partial charge in [0.05, 0.1) is 16.6 Å². The number of piperidine rings is 2. The van der Waals surface area contributed by atoms with Gasteiger partial charge in [0.1, 0.15) is 5.82 Å². The molecule has 0 radical (unpaired) electrons. The fourth-order valence-corrected chi connectivity index (χ4v) is 4.21. The largest absolute Gasteiger partial charge is 0.393 e. The van der Waals surface area contributed by atoms with Crippen LogP contribution in [-0.2, 0) is 0 Å². The van der Waals surface area contributed by atoms with Crippen LogP contribution in [0.3, 0.4) is 0 Å². The molecule has 4 rings (SSSR count). The van der Waals surface area contributed by atoms with E-state index in [2.05, 4.69) is 28.0 Å². The first-order valence-corrected chi connectivity index (χ1v) is 9.31. The number of halogens is 1. The minimum Gasteiger partial charge on any atom is -0.393 e. The van der Waals surface area contributed by atoms with Crippen LogP contribution in [0, 0.1) is 0 Å². The summed E-state index contributed by atoms with van der Waals surface area (Å²) in [6.07, 6.45) is 4.08. The van der Waals surface area contributed by atoms with E-state index in [0.29, 0.717) is 6.04 Å². The zero-order valence-electron chi connectivity index (χ0n) is 13.9.